The largest absolute Gasteiger partial charge is 0.370 e. The predicted molar refractivity (Wildman–Crippen MR) is 138 cm³/mol. The van der Waals surface area contributed by atoms with Gasteiger partial charge in [-0.1, -0.05) is 18.2 Å². The lowest BCUT2D eigenvalue weighted by molar-refractivity contribution is 0.180. The Morgan fingerprint density at radius 3 is 2.88 bits per heavy atom. The number of anilines is 2. The van der Waals surface area contributed by atoms with Gasteiger partial charge in [0.05, 0.1) is 0 Å². The van der Waals surface area contributed by atoms with Crippen LogP contribution in [0.4, 0.5) is 11.4 Å². The lowest BCUT2D eigenvalue weighted by atomic mass is 9.97. The summed E-state index contributed by atoms with van der Waals surface area (Å²) in [5, 5.41) is 0. The summed E-state index contributed by atoms with van der Waals surface area (Å²) in [6.45, 7) is 5.78. The van der Waals surface area contributed by atoms with Crippen molar-refractivity contribution >= 4 is 11.4 Å². The second-order valence-electron chi connectivity index (χ2n) is 9.57. The van der Waals surface area contributed by atoms with Gasteiger partial charge in [-0.2, -0.15) is 0 Å². The topological polar surface area (TPSA) is 55.5 Å². The zero-order valence-electron chi connectivity index (χ0n) is 20.1. The lowest BCUT2D eigenvalue weighted by Gasteiger charge is -2.41. The number of pyridine rings is 2. The molecule has 6 nitrogen and oxygen atoms in total. The first-order valence-corrected chi connectivity index (χ1v) is 12.1. The molecule has 0 aliphatic carbocycles. The first-order valence-electron chi connectivity index (χ1n) is 12.1. The maximum absolute atomic E-state index is 11.9. The minimum atomic E-state index is -0.0437. The van der Waals surface area contributed by atoms with Gasteiger partial charge >= 0.3 is 0 Å². The van der Waals surface area contributed by atoms with Crippen molar-refractivity contribution in [2.24, 2.45) is 0 Å². The molecule has 1 aromatic carbocycles. The van der Waals surface area contributed by atoms with E-state index >= 15 is 0 Å². The number of nitrogens with zero attached hydrogens (tertiary/aromatic N) is 4. The highest BCUT2D eigenvalue weighted by atomic mass is 16.1. The van der Waals surface area contributed by atoms with Gasteiger partial charge in [-0.15, -0.1) is 0 Å². The third-order valence-corrected chi connectivity index (χ3v) is 6.95. The zero-order valence-corrected chi connectivity index (χ0v) is 20.1. The van der Waals surface area contributed by atoms with Crippen molar-refractivity contribution in [2.75, 3.05) is 36.5 Å². The number of nitrogens with one attached hydrogen (secondary N) is 1. The van der Waals surface area contributed by atoms with Gasteiger partial charge in [-0.3, -0.25) is 14.7 Å². The van der Waals surface area contributed by atoms with E-state index in [2.05, 4.69) is 81.2 Å². The molecule has 5 rings (SSSR count). The fourth-order valence-corrected chi connectivity index (χ4v) is 5.36. The third-order valence-electron chi connectivity index (χ3n) is 6.95. The van der Waals surface area contributed by atoms with Crippen LogP contribution in [0.25, 0.3) is 0 Å². The summed E-state index contributed by atoms with van der Waals surface area (Å²) < 4.78 is 0. The molecular weight excluding hydrogens is 422 g/mol. The van der Waals surface area contributed by atoms with Gasteiger partial charge in [0.15, 0.2) is 0 Å². The lowest BCUT2D eigenvalue weighted by Crippen LogP contribution is -2.48. The second kappa shape index (κ2) is 9.85. The zero-order chi connectivity index (χ0) is 23.5. The van der Waals surface area contributed by atoms with Gasteiger partial charge in [0.1, 0.15) is 0 Å². The Labute approximate surface area is 201 Å². The van der Waals surface area contributed by atoms with Crippen LogP contribution in [0.5, 0.6) is 0 Å². The van der Waals surface area contributed by atoms with E-state index in [9.17, 15) is 4.79 Å². The Morgan fingerprint density at radius 2 is 2.03 bits per heavy atom. The Morgan fingerprint density at radius 1 is 1.15 bits per heavy atom. The Bertz CT molecular complexity index is 1230. The molecule has 34 heavy (non-hydrogen) atoms. The van der Waals surface area contributed by atoms with Crippen molar-refractivity contribution in [3.05, 3.63) is 99.9 Å². The third kappa shape index (κ3) is 5.07. The van der Waals surface area contributed by atoms with Gasteiger partial charge in [-0.05, 0) is 67.2 Å². The molecule has 0 unspecified atom stereocenters. The summed E-state index contributed by atoms with van der Waals surface area (Å²) in [4.78, 5) is 26.3. The van der Waals surface area contributed by atoms with Crippen molar-refractivity contribution < 1.29 is 0 Å². The molecule has 0 radical (unpaired) electrons. The summed E-state index contributed by atoms with van der Waals surface area (Å²) in [5.41, 5.74) is 7.43. The number of H-pyrrole nitrogens is 1. The number of piperidine rings is 1. The monoisotopic (exact) mass is 455 g/mol. The van der Waals surface area contributed by atoms with Crippen molar-refractivity contribution in [2.45, 2.75) is 38.8 Å². The van der Waals surface area contributed by atoms with Crippen LogP contribution in [0.2, 0.25) is 0 Å². The molecule has 1 saturated heterocycles. The highest BCUT2D eigenvalue weighted by Gasteiger charge is 2.27. The van der Waals surface area contributed by atoms with Gasteiger partial charge < -0.3 is 14.8 Å². The average Bonchev–Trinajstić information content (AvgIpc) is 2.84. The standard InChI is InChI=1S/C28H33N5O/c1-21-14-22(9-11-29-21)18-33(19-23-15-24-6-3-4-8-27(24)31(2)17-23)26-7-5-13-32(20-26)25-10-12-30-28(34)16-25/h3-4,6,8-12,14,16-17,26H,5,7,13,15,18-20H2,1-2H3,(H,30,34)/t26-/m0/s1. The molecule has 2 aliphatic rings. The van der Waals surface area contributed by atoms with Gasteiger partial charge in [0.25, 0.3) is 0 Å². The molecule has 0 amide bonds. The van der Waals surface area contributed by atoms with Crippen LogP contribution in [-0.4, -0.2) is 47.6 Å². The first-order chi connectivity index (χ1) is 16.5. The van der Waals surface area contributed by atoms with E-state index in [1.54, 1.807) is 12.3 Å². The maximum atomic E-state index is 11.9. The summed E-state index contributed by atoms with van der Waals surface area (Å²) in [5.74, 6) is 0. The molecule has 1 atom stereocenters. The van der Waals surface area contributed by atoms with Crippen molar-refractivity contribution in [3.8, 4) is 0 Å². The Hall–Kier alpha value is -3.38. The van der Waals surface area contributed by atoms with Gasteiger partial charge in [-0.25, -0.2) is 0 Å². The number of fused-ring (bicyclic) bond motifs is 1. The van der Waals surface area contributed by atoms with Crippen LogP contribution in [0.1, 0.15) is 29.7 Å². The number of para-hydroxylation sites is 1. The molecule has 6 heteroatoms. The van der Waals surface area contributed by atoms with Crippen LogP contribution in [0.15, 0.2) is 77.5 Å². The smallest absolute Gasteiger partial charge is 0.249 e. The van der Waals surface area contributed by atoms with Crippen LogP contribution in [0.3, 0.4) is 0 Å². The molecule has 2 aliphatic heterocycles. The minimum Gasteiger partial charge on any atom is -0.370 e. The molecule has 0 bridgehead atoms. The van der Waals surface area contributed by atoms with Crippen molar-refractivity contribution in [1.29, 1.82) is 0 Å². The van der Waals surface area contributed by atoms with Crippen molar-refractivity contribution in [3.63, 3.8) is 0 Å². The molecular formula is C28H33N5O. The fourth-order valence-electron chi connectivity index (χ4n) is 5.36. The van der Waals surface area contributed by atoms with Crippen LogP contribution in [-0.2, 0) is 13.0 Å². The number of benzene rings is 1. The quantitative estimate of drug-likeness (QED) is 0.606. The summed E-state index contributed by atoms with van der Waals surface area (Å²) >= 11 is 0. The molecule has 0 spiro atoms. The molecule has 1 N–H and O–H groups in total. The highest BCUT2D eigenvalue weighted by molar-refractivity contribution is 5.59. The maximum Gasteiger partial charge on any atom is 0.249 e. The summed E-state index contributed by atoms with van der Waals surface area (Å²) in [6, 6.07) is 17.1. The number of hydrogen-bond acceptors (Lipinski definition) is 5. The van der Waals surface area contributed by atoms with E-state index in [0.717, 1.165) is 56.8 Å². The van der Waals surface area contributed by atoms with Crippen LogP contribution in [0, 0.1) is 6.92 Å². The van der Waals surface area contributed by atoms with E-state index in [4.69, 9.17) is 0 Å². The van der Waals surface area contributed by atoms with Crippen LogP contribution >= 0.6 is 0 Å². The van der Waals surface area contributed by atoms with E-state index in [1.165, 1.54) is 22.4 Å². The van der Waals surface area contributed by atoms with Crippen LogP contribution < -0.4 is 15.4 Å². The Balaban J connectivity index is 1.40. The highest BCUT2D eigenvalue weighted by Crippen LogP contribution is 2.30. The number of rotatable bonds is 6. The molecule has 1 fully saturated rings. The summed E-state index contributed by atoms with van der Waals surface area (Å²) in [7, 11) is 2.14. The molecule has 3 aromatic rings. The number of aromatic amines is 1. The molecule has 0 saturated carbocycles. The predicted octanol–water partition coefficient (Wildman–Crippen LogP) is 4.13. The minimum absolute atomic E-state index is 0.0437. The number of aryl methyl sites for hydroxylation is 1. The van der Waals surface area contributed by atoms with Gasteiger partial charge in [0, 0.05) is 81.0 Å². The van der Waals surface area contributed by atoms with E-state index < -0.39 is 0 Å². The fraction of sp³-hybridized carbons (Fsp3) is 0.357. The summed E-state index contributed by atoms with van der Waals surface area (Å²) in [6.07, 6.45) is 9.23. The molecule has 2 aromatic heterocycles. The van der Waals surface area contributed by atoms with Crippen molar-refractivity contribution in [1.82, 2.24) is 14.9 Å². The van der Waals surface area contributed by atoms with Gasteiger partial charge in [0.2, 0.25) is 5.56 Å². The molecule has 176 valence electrons. The normalized spacial score (nSPS) is 18.1. The number of aromatic nitrogens is 2. The van der Waals surface area contributed by atoms with E-state index in [1.807, 2.05) is 12.3 Å². The SMILES string of the molecule is Cc1cc(CN(CC2=CN(C)c3ccccc3C2)[C@H]2CCCN(c3cc[nH]c(=O)c3)C2)ccn1. The van der Waals surface area contributed by atoms with E-state index in [0.29, 0.717) is 6.04 Å². The first kappa shape index (κ1) is 22.4. The Kier molecular flexibility index (Phi) is 6.50. The van der Waals surface area contributed by atoms with E-state index in [-0.39, 0.29) is 5.56 Å². The second-order valence-corrected chi connectivity index (χ2v) is 9.57. The molecule has 4 heterocycles. The average molecular weight is 456 g/mol. The number of hydrogen-bond donors (Lipinski definition) is 1.